The number of hydrogen-bond acceptors (Lipinski definition) is 6. The second-order valence-electron chi connectivity index (χ2n) is 14.9. The van der Waals surface area contributed by atoms with Gasteiger partial charge in [0.05, 0.1) is 13.2 Å². The molecule has 2 amide bonds. The number of alkyl halides is 6. The van der Waals surface area contributed by atoms with E-state index < -0.39 is 31.8 Å². The average Bonchev–Trinajstić information content (AvgIpc) is 3.12. The van der Waals surface area contributed by atoms with Gasteiger partial charge in [-0.05, 0) is 38.6 Å². The first-order valence-electron chi connectivity index (χ1n) is 21.6. The van der Waals surface area contributed by atoms with E-state index in [-0.39, 0.29) is 58.5 Å². The third-order valence-electron chi connectivity index (χ3n) is 9.58. The van der Waals surface area contributed by atoms with Gasteiger partial charge in [-0.3, -0.25) is 19.1 Å². The first-order valence-corrected chi connectivity index (χ1v) is 23.3. The normalized spacial score (nSPS) is 12.5. The highest BCUT2D eigenvalue weighted by molar-refractivity contribution is 7.53. The van der Waals surface area contributed by atoms with Gasteiger partial charge in [0.15, 0.2) is 0 Å². The van der Waals surface area contributed by atoms with E-state index in [0.29, 0.717) is 19.3 Å². The van der Waals surface area contributed by atoms with Crippen molar-refractivity contribution >= 4 is 19.4 Å². The van der Waals surface area contributed by atoms with E-state index in [1.807, 2.05) is 10.6 Å². The van der Waals surface area contributed by atoms with Crippen LogP contribution in [0.1, 0.15) is 187 Å². The number of nitrogens with one attached hydrogen (secondary N) is 2. The Hall–Kier alpha value is -1.37. The minimum absolute atomic E-state index is 0.101. The minimum Gasteiger partial charge on any atom is -0.348 e. The fourth-order valence-corrected chi connectivity index (χ4v) is 8.10. The molecule has 0 heterocycles. The van der Waals surface area contributed by atoms with Gasteiger partial charge in [-0.1, -0.05) is 155 Å². The Morgan fingerprint density at radius 2 is 0.782 bits per heavy atom. The molecule has 0 saturated heterocycles. The van der Waals surface area contributed by atoms with Crippen molar-refractivity contribution in [2.75, 3.05) is 45.7 Å². The van der Waals surface area contributed by atoms with Gasteiger partial charge in [-0.15, -0.1) is 0 Å². The van der Waals surface area contributed by atoms with Crippen LogP contribution in [0.25, 0.3) is 0 Å². The van der Waals surface area contributed by atoms with E-state index in [1.165, 1.54) is 103 Å². The Morgan fingerprint density at radius 1 is 0.473 bits per heavy atom. The summed E-state index contributed by atoms with van der Waals surface area (Å²) in [6.45, 7) is 4.75. The molecule has 15 heteroatoms. The molecule has 328 valence electrons. The van der Waals surface area contributed by atoms with Crippen molar-refractivity contribution in [3.8, 4) is 0 Å². The molecule has 0 aromatic heterocycles. The molecular formula is C40H76F6N3O5P. The molecule has 0 aliphatic carbocycles. The maximum Gasteiger partial charge on any atom is 0.471 e. The van der Waals surface area contributed by atoms with Crippen LogP contribution >= 0.6 is 7.60 Å². The number of unbranched alkanes of at least 4 members (excludes halogenated alkanes) is 23. The third kappa shape index (κ3) is 34.4. The fourth-order valence-electron chi connectivity index (χ4n) is 6.28. The summed E-state index contributed by atoms with van der Waals surface area (Å²) in [5, 5.41) is 3.65. The summed E-state index contributed by atoms with van der Waals surface area (Å²) in [6.07, 6.45) is 18.3. The predicted molar refractivity (Wildman–Crippen MR) is 210 cm³/mol. The lowest BCUT2D eigenvalue weighted by molar-refractivity contribution is -0.173. The molecule has 0 aliphatic rings. The molecule has 0 fully saturated rings. The summed E-state index contributed by atoms with van der Waals surface area (Å²) in [4.78, 5) is 24.1. The van der Waals surface area contributed by atoms with Crippen molar-refractivity contribution < 1.29 is 49.5 Å². The zero-order chi connectivity index (χ0) is 41.1. The summed E-state index contributed by atoms with van der Waals surface area (Å²) in [6, 6.07) is 0. The Labute approximate surface area is 329 Å². The van der Waals surface area contributed by atoms with Crippen LogP contribution in [0, 0.1) is 0 Å². The van der Waals surface area contributed by atoms with Crippen LogP contribution in [0.3, 0.4) is 0 Å². The van der Waals surface area contributed by atoms with Crippen molar-refractivity contribution in [3.63, 3.8) is 0 Å². The van der Waals surface area contributed by atoms with Crippen LogP contribution in [0.5, 0.6) is 0 Å². The van der Waals surface area contributed by atoms with E-state index in [0.717, 1.165) is 38.5 Å². The molecule has 8 nitrogen and oxygen atoms in total. The molecule has 0 bridgehead atoms. The fraction of sp³-hybridized carbons (Fsp3) is 0.950. The van der Waals surface area contributed by atoms with Gasteiger partial charge in [0.2, 0.25) is 0 Å². The lowest BCUT2D eigenvalue weighted by atomic mass is 10.1. The Balaban J connectivity index is 5.07. The van der Waals surface area contributed by atoms with Crippen LogP contribution in [0.4, 0.5) is 26.3 Å². The molecule has 0 aromatic carbocycles. The van der Waals surface area contributed by atoms with Crippen molar-refractivity contribution in [1.82, 2.24) is 15.5 Å². The van der Waals surface area contributed by atoms with Crippen LogP contribution in [-0.2, 0) is 23.2 Å². The van der Waals surface area contributed by atoms with Crippen LogP contribution in [0.15, 0.2) is 0 Å². The zero-order valence-corrected chi connectivity index (χ0v) is 35.1. The van der Waals surface area contributed by atoms with Crippen molar-refractivity contribution in [2.45, 2.75) is 200 Å². The number of halogens is 6. The SMILES string of the molecule is CCCCCCCCCCCCCCOP(=O)(CN(CCCCNC(=O)C(F)(F)F)CCCNC(=O)C(F)(F)F)OCCCCCCCCCCCCCC. The second-order valence-corrected chi connectivity index (χ2v) is 16.9. The topological polar surface area (TPSA) is 97.0 Å². The van der Waals surface area contributed by atoms with Gasteiger partial charge in [0.1, 0.15) is 6.29 Å². The quantitative estimate of drug-likeness (QED) is 0.0364. The number of hydrogen-bond donors (Lipinski definition) is 2. The highest BCUT2D eigenvalue weighted by Crippen LogP contribution is 2.49. The maximum absolute atomic E-state index is 14.1. The van der Waals surface area contributed by atoms with Crippen LogP contribution in [0.2, 0.25) is 0 Å². The molecule has 0 radical (unpaired) electrons. The molecule has 0 spiro atoms. The summed E-state index contributed by atoms with van der Waals surface area (Å²) in [5.74, 6) is -4.09. The minimum atomic E-state index is -5.01. The molecule has 0 unspecified atom stereocenters. The van der Waals surface area contributed by atoms with E-state index >= 15 is 0 Å². The lowest BCUT2D eigenvalue weighted by Crippen LogP contribution is -2.39. The number of rotatable bonds is 39. The highest BCUT2D eigenvalue weighted by Gasteiger charge is 2.39. The Morgan fingerprint density at radius 3 is 1.13 bits per heavy atom. The van der Waals surface area contributed by atoms with Gasteiger partial charge in [-0.25, -0.2) is 0 Å². The number of carbonyl (C=O) groups excluding carboxylic acids is 2. The van der Waals surface area contributed by atoms with E-state index in [1.54, 1.807) is 4.90 Å². The predicted octanol–water partition coefficient (Wildman–Crippen LogP) is 12.4. The van der Waals surface area contributed by atoms with E-state index in [4.69, 9.17) is 9.05 Å². The second kappa shape index (κ2) is 34.7. The number of nitrogens with zero attached hydrogens (tertiary/aromatic N) is 1. The van der Waals surface area contributed by atoms with Crippen LogP contribution in [-0.4, -0.2) is 74.7 Å². The van der Waals surface area contributed by atoms with Crippen molar-refractivity contribution in [2.24, 2.45) is 0 Å². The Kier molecular flexibility index (Phi) is 33.8. The van der Waals surface area contributed by atoms with Gasteiger partial charge < -0.3 is 19.7 Å². The molecule has 2 N–H and O–H groups in total. The van der Waals surface area contributed by atoms with Gasteiger partial charge in [0.25, 0.3) is 0 Å². The van der Waals surface area contributed by atoms with E-state index in [2.05, 4.69) is 13.8 Å². The molecular weight excluding hydrogens is 747 g/mol. The highest BCUT2D eigenvalue weighted by atomic mass is 31.2. The number of amides is 2. The molecule has 0 rings (SSSR count). The van der Waals surface area contributed by atoms with Crippen LogP contribution < -0.4 is 10.6 Å². The lowest BCUT2D eigenvalue weighted by Gasteiger charge is -2.27. The molecule has 0 atom stereocenters. The zero-order valence-electron chi connectivity index (χ0n) is 34.2. The first-order chi connectivity index (χ1) is 26.2. The van der Waals surface area contributed by atoms with Gasteiger partial charge >= 0.3 is 31.8 Å². The summed E-state index contributed by atoms with van der Waals surface area (Å²) < 4.78 is 102. The summed E-state index contributed by atoms with van der Waals surface area (Å²) in [7, 11) is -3.69. The summed E-state index contributed by atoms with van der Waals surface area (Å²) in [5.41, 5.74) is 0. The first kappa shape index (κ1) is 53.6. The standard InChI is InChI=1S/C40H76F6N3O5P/c1-3-5-7-9-11-13-15-17-19-21-23-27-34-53-55(52,54-35-28-24-22-20-18-16-14-12-10-8-6-4-2)36-49(33-29-31-48-38(51)40(44,45)46)32-26-25-30-47-37(50)39(41,42)43/h3-36H2,1-2H3,(H,47,50)(H,48,51). The smallest absolute Gasteiger partial charge is 0.348 e. The van der Waals surface area contributed by atoms with Gasteiger partial charge in [-0.2, -0.15) is 26.3 Å². The summed E-state index contributed by atoms with van der Waals surface area (Å²) >= 11 is 0. The van der Waals surface area contributed by atoms with Gasteiger partial charge in [0, 0.05) is 19.6 Å². The average molecular weight is 824 g/mol. The van der Waals surface area contributed by atoms with Crippen molar-refractivity contribution in [3.05, 3.63) is 0 Å². The Bertz CT molecular complexity index is 941. The molecule has 0 aromatic rings. The largest absolute Gasteiger partial charge is 0.471 e. The molecule has 0 saturated carbocycles. The van der Waals surface area contributed by atoms with E-state index in [9.17, 15) is 40.5 Å². The molecule has 55 heavy (non-hydrogen) atoms. The maximum atomic E-state index is 14.1. The monoisotopic (exact) mass is 824 g/mol. The number of carbonyl (C=O) groups is 2. The third-order valence-corrected chi connectivity index (χ3v) is 11.5. The molecule has 0 aliphatic heterocycles. The van der Waals surface area contributed by atoms with Crippen molar-refractivity contribution in [1.29, 1.82) is 0 Å².